The molecule has 10 aliphatic heterocycles. The van der Waals surface area contributed by atoms with Gasteiger partial charge in [0.15, 0.2) is 0 Å². The van der Waals surface area contributed by atoms with Gasteiger partial charge < -0.3 is 49.0 Å². The molecule has 732 valence electrons. The van der Waals surface area contributed by atoms with Crippen LogP contribution < -0.4 is 24.5 Å². The number of benzene rings is 9. The minimum Gasteiger partial charge on any atom is -0.328 e. The number of hydrogen-bond donors (Lipinski definition) is 0. The highest BCUT2D eigenvalue weighted by molar-refractivity contribution is 5.71. The Balaban J connectivity index is 0.000000106. The van der Waals surface area contributed by atoms with E-state index in [0.29, 0.717) is 54.3 Å². The van der Waals surface area contributed by atoms with Crippen LogP contribution in [0, 0.1) is 81.4 Å². The van der Waals surface area contributed by atoms with Crippen LogP contribution in [0.25, 0.3) is 0 Å². The fourth-order valence-corrected chi connectivity index (χ4v) is 29.4. The summed E-state index contributed by atoms with van der Waals surface area (Å²) in [5, 5.41) is 0. The van der Waals surface area contributed by atoms with Crippen LogP contribution in [0.15, 0.2) is 361 Å². The number of nitrogens with zero attached hydrogens (tertiary/aromatic N) is 10. The van der Waals surface area contributed by atoms with E-state index >= 15 is 0 Å². The molecule has 0 radical (unpaired) electrons. The predicted molar refractivity (Wildman–Crippen MR) is 590 cm³/mol. The fraction of sp³-hybridized carbons (Fsp3) is 0.435. The second-order valence-electron chi connectivity index (χ2n) is 44.7. The summed E-state index contributed by atoms with van der Waals surface area (Å²) in [5.41, 5.74) is 32.0. The van der Waals surface area contributed by atoms with Crippen LogP contribution in [0.5, 0.6) is 0 Å². The summed E-state index contributed by atoms with van der Waals surface area (Å²) in [6.07, 6.45) is 62.6. The molecule has 0 N–H and O–H groups in total. The second-order valence-corrected chi connectivity index (χ2v) is 44.7. The first-order valence-corrected chi connectivity index (χ1v) is 55.0. The molecule has 10 nitrogen and oxygen atoms in total. The van der Waals surface area contributed by atoms with Crippen molar-refractivity contribution in [2.75, 3.05) is 24.5 Å². The van der Waals surface area contributed by atoms with Crippen molar-refractivity contribution >= 4 is 28.4 Å². The van der Waals surface area contributed by atoms with Gasteiger partial charge in [-0.1, -0.05) is 360 Å². The quantitative estimate of drug-likeness (QED) is 0.0990. The molecule has 0 bridgehead atoms. The monoisotopic (exact) mass is 1870 g/mol. The van der Waals surface area contributed by atoms with Gasteiger partial charge in [-0.05, 0) is 268 Å². The molecule has 9 aromatic rings. The molecule has 0 saturated heterocycles. The Hall–Kier alpha value is -11.6. The van der Waals surface area contributed by atoms with Crippen molar-refractivity contribution in [2.45, 2.75) is 317 Å². The van der Waals surface area contributed by atoms with Gasteiger partial charge in [-0.15, -0.1) is 0 Å². The minimum absolute atomic E-state index is 0.00615. The summed E-state index contributed by atoms with van der Waals surface area (Å²) >= 11 is 0. The van der Waals surface area contributed by atoms with E-state index in [1.54, 1.807) is 5.70 Å². The normalized spacial score (nSPS) is 27.0. The van der Waals surface area contributed by atoms with Gasteiger partial charge in [-0.3, -0.25) is 0 Å². The summed E-state index contributed by atoms with van der Waals surface area (Å²) in [6, 6.07) is 88.1. The third-order valence-corrected chi connectivity index (χ3v) is 35.9. The van der Waals surface area contributed by atoms with E-state index in [9.17, 15) is 1.37 Å². The first kappa shape index (κ1) is 93.1. The van der Waals surface area contributed by atoms with Crippen LogP contribution in [0.3, 0.4) is 0 Å². The van der Waals surface area contributed by atoms with Gasteiger partial charge in [0.05, 0.1) is 27.9 Å². The van der Waals surface area contributed by atoms with Crippen molar-refractivity contribution in [2.24, 2.45) is 46.8 Å². The van der Waals surface area contributed by atoms with Crippen LogP contribution in [0.1, 0.15) is 294 Å². The molecule has 6 saturated carbocycles. The Morgan fingerprint density at radius 2 is 0.539 bits per heavy atom. The number of aryl methyl sites for hydroxylation is 5. The first-order valence-electron chi connectivity index (χ1n) is 56.0. The van der Waals surface area contributed by atoms with E-state index in [1.165, 1.54) is 298 Å². The average molecular weight is 1870 g/mol. The standard InChI is InChI=1S/C32H34N2.C31H38N2.C26H30N2.2C21H28N2/c1-24-14-12-13-21-29(24)34-25(2)30-32(27-17-8-4-9-18-27,28-19-10-5-11-20-28)22-23-33(30)31(34)26-15-6-3-7-16-26;1-23-13-9-12-20-28(23)33-24(2)29-31(27-18-10-11-19-27,26-16-7-4-8-17-26)21-22-32(29)30(33)25-14-5-3-6-15-25;1-19-11-9-10-16-24(19)28-20(2)25-23(21-12-5-3-6-13-21)17-18-27(25)26(28)22-14-7-4-8-15-22;1-15-9-5-8-12-18(15)23-16(2)19-21(3,4)13-14-22(19)20(23)17-10-6-7-11-17;1-15-9-7-8-12-19(15)23-17(3)20-16(2)13-14-22(20)21(23)18-10-5-4-6-11-18/h4-5,8-14,17-23,26,31H,3,6-7,15-16H2,1-2H3;4,7-9,12-13,16-17,20-22,25,27,30H,3,5-6,10-11,14-15,18-19H2,1-2H3;3,5-6,9-13,16-18,22-23,26H,4,7-8,14-15H2,1-2H3;5,8-9,12-14,17,20H,6-7,10-11H2,1-4H3;7-9,12-14,16,18,21H,4-6,10-11H2,1-3H3/i;;23D;;16D. The predicted octanol–water partition coefficient (Wildman–Crippen LogP) is 33.1. The van der Waals surface area contributed by atoms with Crippen molar-refractivity contribution in [1.29, 1.82) is 0 Å². The lowest BCUT2D eigenvalue weighted by Crippen LogP contribution is -2.45. The highest BCUT2D eigenvalue weighted by Crippen LogP contribution is 2.62. The zero-order valence-electron chi connectivity index (χ0n) is 89.0. The maximum Gasteiger partial charge on any atom is 0.113 e. The number of fused-ring (bicyclic) bond motifs is 5. The molecule has 16 aliphatic rings. The van der Waals surface area contributed by atoms with Gasteiger partial charge in [0.1, 0.15) is 30.8 Å². The van der Waals surface area contributed by atoms with Crippen LogP contribution in [0.4, 0.5) is 28.4 Å². The van der Waals surface area contributed by atoms with Crippen LogP contribution in [-0.4, -0.2) is 55.3 Å². The molecule has 8 unspecified atom stereocenters. The van der Waals surface area contributed by atoms with Gasteiger partial charge in [-0.2, -0.15) is 0 Å². The number of rotatable bonds is 15. The Kier molecular flexibility index (Phi) is 27.1. The van der Waals surface area contributed by atoms with Gasteiger partial charge in [0.2, 0.25) is 0 Å². The van der Waals surface area contributed by atoms with Gasteiger partial charge in [0.25, 0.3) is 0 Å². The number of hydrogen-bond acceptors (Lipinski definition) is 10. The third-order valence-electron chi connectivity index (χ3n) is 35.9. The lowest BCUT2D eigenvalue weighted by molar-refractivity contribution is 0.202. The maximum atomic E-state index is 9.48. The van der Waals surface area contributed by atoms with E-state index < -0.39 is 11.8 Å². The Bertz CT molecular complexity index is 6330. The van der Waals surface area contributed by atoms with E-state index in [2.05, 4.69) is 418 Å². The highest BCUT2D eigenvalue weighted by atomic mass is 15.5. The fourth-order valence-electron chi connectivity index (χ4n) is 29.4. The number of para-hydroxylation sites is 5. The topological polar surface area (TPSA) is 32.4 Å². The summed E-state index contributed by atoms with van der Waals surface area (Å²) < 4.78 is 18.2. The number of anilines is 5. The largest absolute Gasteiger partial charge is 0.328 e. The van der Waals surface area contributed by atoms with Crippen molar-refractivity contribution < 1.29 is 2.74 Å². The molecule has 0 aromatic heterocycles. The van der Waals surface area contributed by atoms with Crippen molar-refractivity contribution in [1.82, 2.24) is 24.5 Å². The SMILES string of the molecule is CC1=C2N(C=CC2(C)C)C(C2CCCC2)N1c1ccccc1C.CC1=C2N(C=CC2(c2ccccc2)C2CCCC2)C(C2CCCCC2)N1c1ccccc1C.CC1=C2N(C=CC2(c2ccccc2)c2ccccc2)C(C2CCCCC2)N1c1ccccc1C.[2H]C1(C)C=CN2C1=C(C)N(c1ccccc1C)C2C1CCCCC1.[2H]C1(c2ccccc2)C=CN2C1=C(C)N(c1ccccc1C)C2C1CCCCC1. The molecule has 9 aromatic carbocycles. The molecule has 10 heterocycles. The van der Waals surface area contributed by atoms with Crippen LogP contribution in [-0.2, 0) is 10.8 Å². The van der Waals surface area contributed by atoms with E-state index in [4.69, 9.17) is 1.37 Å². The van der Waals surface area contributed by atoms with Crippen molar-refractivity contribution in [3.05, 3.63) is 411 Å². The molecule has 25 rings (SSSR count). The van der Waals surface area contributed by atoms with Crippen molar-refractivity contribution in [3.63, 3.8) is 0 Å². The van der Waals surface area contributed by atoms with Gasteiger partial charge >= 0.3 is 0 Å². The zero-order chi connectivity index (χ0) is 98.6. The van der Waals surface area contributed by atoms with E-state index in [-0.39, 0.29) is 22.4 Å². The highest BCUT2D eigenvalue weighted by Gasteiger charge is 2.58. The lowest BCUT2D eigenvalue weighted by atomic mass is 9.67. The van der Waals surface area contributed by atoms with Crippen molar-refractivity contribution in [3.8, 4) is 0 Å². The molecule has 8 atom stereocenters. The molecule has 6 fully saturated rings. The van der Waals surface area contributed by atoms with Crippen LogP contribution >= 0.6 is 0 Å². The average Bonchev–Trinajstić information content (AvgIpc) is 1.54. The third kappa shape index (κ3) is 17.4. The van der Waals surface area contributed by atoms with Gasteiger partial charge in [-0.25, -0.2) is 0 Å². The molecular formula is C131H158N10. The summed E-state index contributed by atoms with van der Waals surface area (Å²) in [7, 11) is 0. The zero-order valence-corrected chi connectivity index (χ0v) is 87.0. The van der Waals surface area contributed by atoms with Gasteiger partial charge in [0, 0.05) is 119 Å². The molecule has 10 heteroatoms. The molecule has 141 heavy (non-hydrogen) atoms. The lowest BCUT2D eigenvalue weighted by Gasteiger charge is -2.41. The smallest absolute Gasteiger partial charge is 0.113 e. The Labute approximate surface area is 849 Å². The molecular weight excluding hydrogens is 1710 g/mol. The minimum atomic E-state index is -0.824. The second kappa shape index (κ2) is 41.0. The van der Waals surface area contributed by atoms with E-state index in [0.717, 1.165) is 17.2 Å². The molecule has 0 spiro atoms. The molecule has 6 aliphatic carbocycles. The van der Waals surface area contributed by atoms with E-state index in [1.807, 2.05) is 25.1 Å². The summed E-state index contributed by atoms with van der Waals surface area (Å²) in [6.45, 7) is 29.4. The Morgan fingerprint density at radius 1 is 0.255 bits per heavy atom. The van der Waals surface area contributed by atoms with Crippen LogP contribution in [0.2, 0.25) is 0 Å². The number of allylic oxidation sites excluding steroid dienone is 10. The summed E-state index contributed by atoms with van der Waals surface area (Å²) in [5.74, 6) is 2.68. The Morgan fingerprint density at radius 3 is 0.936 bits per heavy atom. The summed E-state index contributed by atoms with van der Waals surface area (Å²) in [4.78, 5) is 25.9. The molecule has 0 amide bonds. The maximum absolute atomic E-state index is 9.48. The first-order chi connectivity index (χ1) is 69.6.